The molecule has 2 heterocycles. The molecule has 2 aromatic carbocycles. The van der Waals surface area contributed by atoms with E-state index in [1.807, 2.05) is 79.4 Å². The fourth-order valence-electron chi connectivity index (χ4n) is 3.66. The fourth-order valence-corrected chi connectivity index (χ4v) is 3.66. The summed E-state index contributed by atoms with van der Waals surface area (Å²) >= 11 is 0. The van der Waals surface area contributed by atoms with Crippen LogP contribution in [0.2, 0.25) is 0 Å². The lowest BCUT2D eigenvalue weighted by Crippen LogP contribution is -2.15. The van der Waals surface area contributed by atoms with Crippen LogP contribution < -0.4 is 0 Å². The molecule has 4 rings (SSSR count). The van der Waals surface area contributed by atoms with Crippen molar-refractivity contribution < 1.29 is 14.3 Å². The number of carbonyl (C=O) groups excluding carboxylic acids is 2. The molecule has 2 aromatic heterocycles. The highest BCUT2D eigenvalue weighted by molar-refractivity contribution is 6.01. The SMILES string of the molecule is Cc1cc(C(=O)COC(=O)c2ccc3c(c2)nc(C)n3-c2ccccc2)c(C)n1C. The van der Waals surface area contributed by atoms with Gasteiger partial charge in [-0.1, -0.05) is 18.2 Å². The molecule has 6 nitrogen and oxygen atoms in total. The lowest BCUT2D eigenvalue weighted by molar-refractivity contribution is 0.0474. The van der Waals surface area contributed by atoms with Crippen molar-refractivity contribution in [3.8, 4) is 5.69 Å². The molecule has 0 fully saturated rings. The zero-order valence-corrected chi connectivity index (χ0v) is 17.5. The molecule has 0 unspecified atom stereocenters. The van der Waals surface area contributed by atoms with Gasteiger partial charge in [0.15, 0.2) is 6.61 Å². The predicted octanol–water partition coefficient (Wildman–Crippen LogP) is 4.33. The van der Waals surface area contributed by atoms with E-state index in [4.69, 9.17) is 4.74 Å². The van der Waals surface area contributed by atoms with Crippen molar-refractivity contribution in [2.75, 3.05) is 6.61 Å². The van der Waals surface area contributed by atoms with E-state index in [0.29, 0.717) is 16.6 Å². The third-order valence-electron chi connectivity index (χ3n) is 5.48. The molecular weight excluding hydrogens is 378 g/mol. The summed E-state index contributed by atoms with van der Waals surface area (Å²) in [5.74, 6) is 0.0733. The third kappa shape index (κ3) is 3.41. The first-order chi connectivity index (χ1) is 14.4. The van der Waals surface area contributed by atoms with Crippen LogP contribution in [0.25, 0.3) is 16.7 Å². The van der Waals surface area contributed by atoms with Gasteiger partial charge in [-0.3, -0.25) is 9.36 Å². The van der Waals surface area contributed by atoms with Gasteiger partial charge in [-0.2, -0.15) is 0 Å². The Morgan fingerprint density at radius 2 is 1.73 bits per heavy atom. The van der Waals surface area contributed by atoms with Crippen LogP contribution in [0.4, 0.5) is 0 Å². The number of aryl methyl sites for hydroxylation is 2. The third-order valence-corrected chi connectivity index (χ3v) is 5.48. The topological polar surface area (TPSA) is 66.1 Å². The second kappa shape index (κ2) is 7.63. The van der Waals surface area contributed by atoms with E-state index in [-0.39, 0.29) is 12.4 Å². The number of ether oxygens (including phenoxy) is 1. The molecule has 0 spiro atoms. The zero-order valence-electron chi connectivity index (χ0n) is 17.5. The number of fused-ring (bicyclic) bond motifs is 1. The summed E-state index contributed by atoms with van der Waals surface area (Å²) in [5, 5.41) is 0. The van der Waals surface area contributed by atoms with Gasteiger partial charge in [0.1, 0.15) is 5.82 Å². The molecule has 6 heteroatoms. The van der Waals surface area contributed by atoms with E-state index in [1.54, 1.807) is 12.1 Å². The minimum Gasteiger partial charge on any atom is -0.454 e. The number of hydrogen-bond acceptors (Lipinski definition) is 4. The maximum absolute atomic E-state index is 12.5. The highest BCUT2D eigenvalue weighted by atomic mass is 16.5. The van der Waals surface area contributed by atoms with Gasteiger partial charge in [0.05, 0.1) is 16.6 Å². The minimum absolute atomic E-state index is 0.213. The Kier molecular flexibility index (Phi) is 4.99. The van der Waals surface area contributed by atoms with Crippen molar-refractivity contribution in [2.45, 2.75) is 20.8 Å². The van der Waals surface area contributed by atoms with Crippen molar-refractivity contribution in [3.05, 3.63) is 82.9 Å². The first-order valence-electron chi connectivity index (χ1n) is 9.74. The maximum Gasteiger partial charge on any atom is 0.338 e. The molecule has 4 aromatic rings. The molecule has 152 valence electrons. The number of rotatable bonds is 5. The molecule has 0 aliphatic carbocycles. The Bertz CT molecular complexity index is 1270. The van der Waals surface area contributed by atoms with E-state index in [1.165, 1.54) is 0 Å². The summed E-state index contributed by atoms with van der Waals surface area (Å²) < 4.78 is 9.26. The lowest BCUT2D eigenvalue weighted by atomic mass is 10.1. The summed E-state index contributed by atoms with van der Waals surface area (Å²) in [7, 11) is 1.90. The van der Waals surface area contributed by atoms with Crippen LogP contribution >= 0.6 is 0 Å². The molecule has 0 saturated carbocycles. The Hall–Kier alpha value is -3.67. The first-order valence-corrected chi connectivity index (χ1v) is 9.74. The van der Waals surface area contributed by atoms with Crippen LogP contribution in [0.3, 0.4) is 0 Å². The predicted molar refractivity (Wildman–Crippen MR) is 115 cm³/mol. The largest absolute Gasteiger partial charge is 0.454 e. The highest BCUT2D eigenvalue weighted by Gasteiger charge is 2.18. The van der Waals surface area contributed by atoms with Crippen LogP contribution in [0.5, 0.6) is 0 Å². The van der Waals surface area contributed by atoms with Crippen LogP contribution in [0.1, 0.15) is 37.9 Å². The van der Waals surface area contributed by atoms with E-state index >= 15 is 0 Å². The Morgan fingerprint density at radius 1 is 1.00 bits per heavy atom. The van der Waals surface area contributed by atoms with Crippen LogP contribution in [-0.4, -0.2) is 32.5 Å². The van der Waals surface area contributed by atoms with Crippen molar-refractivity contribution in [1.29, 1.82) is 0 Å². The molecule has 0 saturated heterocycles. The molecule has 0 amide bonds. The fraction of sp³-hybridized carbons (Fsp3) is 0.208. The second-order valence-corrected chi connectivity index (χ2v) is 7.38. The number of hydrogen-bond donors (Lipinski definition) is 0. The zero-order chi connectivity index (χ0) is 21.4. The van der Waals surface area contributed by atoms with E-state index < -0.39 is 5.97 Å². The number of ketones is 1. The van der Waals surface area contributed by atoms with Crippen molar-refractivity contribution in [1.82, 2.24) is 14.1 Å². The molecule has 0 radical (unpaired) electrons. The minimum atomic E-state index is -0.539. The van der Waals surface area contributed by atoms with Crippen LogP contribution in [-0.2, 0) is 11.8 Å². The standard InChI is InChI=1S/C24H23N3O3/c1-15-12-20(16(2)26(15)4)23(28)14-30-24(29)18-10-11-22-21(13-18)25-17(3)27(22)19-8-6-5-7-9-19/h5-13H,14H2,1-4H3. The molecule has 0 atom stereocenters. The number of nitrogens with zero attached hydrogens (tertiary/aromatic N) is 3. The Balaban J connectivity index is 1.54. The van der Waals surface area contributed by atoms with E-state index in [9.17, 15) is 9.59 Å². The summed E-state index contributed by atoms with van der Waals surface area (Å²) in [6.45, 7) is 5.44. The van der Waals surface area contributed by atoms with Crippen LogP contribution in [0.15, 0.2) is 54.6 Å². The van der Waals surface area contributed by atoms with Crippen LogP contribution in [0, 0.1) is 20.8 Å². The molecule has 0 bridgehead atoms. The average molecular weight is 401 g/mol. The highest BCUT2D eigenvalue weighted by Crippen LogP contribution is 2.23. The Labute approximate surface area is 174 Å². The number of para-hydroxylation sites is 1. The quantitative estimate of drug-likeness (QED) is 0.369. The van der Waals surface area contributed by atoms with Crippen molar-refractivity contribution in [2.24, 2.45) is 7.05 Å². The summed E-state index contributed by atoms with van der Waals surface area (Å²) in [5.41, 5.74) is 5.40. The van der Waals surface area contributed by atoms with E-state index in [0.717, 1.165) is 28.4 Å². The monoisotopic (exact) mass is 401 g/mol. The number of benzene rings is 2. The Morgan fingerprint density at radius 3 is 2.40 bits per heavy atom. The number of aromatic nitrogens is 3. The van der Waals surface area contributed by atoms with Gasteiger partial charge in [-0.15, -0.1) is 0 Å². The normalized spacial score (nSPS) is 11.1. The lowest BCUT2D eigenvalue weighted by Gasteiger charge is -2.07. The molecule has 0 aliphatic heterocycles. The average Bonchev–Trinajstić information content (AvgIpc) is 3.22. The van der Waals surface area contributed by atoms with E-state index in [2.05, 4.69) is 4.98 Å². The molecule has 0 N–H and O–H groups in total. The van der Waals surface area contributed by atoms with Gasteiger partial charge in [-0.05, 0) is 57.2 Å². The first kappa shape index (κ1) is 19.6. The number of esters is 1. The smallest absolute Gasteiger partial charge is 0.338 e. The van der Waals surface area contributed by atoms with Crippen molar-refractivity contribution >= 4 is 22.8 Å². The molecule has 0 aliphatic rings. The van der Waals surface area contributed by atoms with Gasteiger partial charge in [-0.25, -0.2) is 9.78 Å². The summed E-state index contributed by atoms with van der Waals surface area (Å²) in [6, 6.07) is 17.0. The molecule has 30 heavy (non-hydrogen) atoms. The van der Waals surface area contributed by atoms with Crippen molar-refractivity contribution in [3.63, 3.8) is 0 Å². The molecular formula is C24H23N3O3. The number of imidazole rings is 1. The van der Waals surface area contributed by atoms with Gasteiger partial charge >= 0.3 is 5.97 Å². The van der Waals surface area contributed by atoms with Gasteiger partial charge < -0.3 is 9.30 Å². The maximum atomic E-state index is 12.5. The number of Topliss-reactive ketones (excluding diaryl/α,β-unsaturated/α-hetero) is 1. The van der Waals surface area contributed by atoms with Gasteiger partial charge in [0, 0.05) is 29.7 Å². The summed E-state index contributed by atoms with van der Waals surface area (Å²) in [4.78, 5) is 29.6. The number of carbonyl (C=O) groups is 2. The van der Waals surface area contributed by atoms with Gasteiger partial charge in [0.2, 0.25) is 5.78 Å². The second-order valence-electron chi connectivity index (χ2n) is 7.38. The van der Waals surface area contributed by atoms with Gasteiger partial charge in [0.25, 0.3) is 0 Å². The summed E-state index contributed by atoms with van der Waals surface area (Å²) in [6.07, 6.45) is 0.